The van der Waals surface area contributed by atoms with Gasteiger partial charge in [-0.25, -0.2) is 13.6 Å². The van der Waals surface area contributed by atoms with Gasteiger partial charge < -0.3 is 10.0 Å². The number of halogens is 2. The number of carboxylic acid groups (broad SMARTS) is 1. The Balaban J connectivity index is 2.24. The molecule has 0 aromatic heterocycles. The molecule has 0 radical (unpaired) electrons. The van der Waals surface area contributed by atoms with E-state index in [2.05, 4.69) is 0 Å². The van der Waals surface area contributed by atoms with E-state index in [0.29, 0.717) is 18.5 Å². The summed E-state index contributed by atoms with van der Waals surface area (Å²) in [6, 6.07) is 3.28. The van der Waals surface area contributed by atoms with Crippen LogP contribution in [0.3, 0.4) is 0 Å². The molecule has 0 fully saturated rings. The molecule has 0 unspecified atom stereocenters. The van der Waals surface area contributed by atoms with E-state index in [-0.39, 0.29) is 12.1 Å². The minimum absolute atomic E-state index is 0.209. The number of carbonyl (C=O) groups is 1. The van der Waals surface area contributed by atoms with Crippen molar-refractivity contribution in [2.24, 2.45) is 0 Å². The lowest BCUT2D eigenvalue weighted by molar-refractivity contribution is 0.150. The third kappa shape index (κ3) is 2.43. The molecular formula is C12H11F2NO2. The lowest BCUT2D eigenvalue weighted by atomic mass is 9.99. The number of rotatable bonds is 1. The average molecular weight is 239 g/mol. The summed E-state index contributed by atoms with van der Waals surface area (Å²) in [5.74, 6) is -0.982. The van der Waals surface area contributed by atoms with Gasteiger partial charge in [0.15, 0.2) is 0 Å². The second-order valence-electron chi connectivity index (χ2n) is 3.83. The summed E-state index contributed by atoms with van der Waals surface area (Å²) < 4.78 is 26.5. The summed E-state index contributed by atoms with van der Waals surface area (Å²) in [6.45, 7) is 0.512. The fourth-order valence-electron chi connectivity index (χ4n) is 1.83. The molecule has 0 saturated heterocycles. The number of amides is 1. The predicted molar refractivity (Wildman–Crippen MR) is 58.5 cm³/mol. The Morgan fingerprint density at radius 1 is 1.35 bits per heavy atom. The molecule has 0 atom stereocenters. The first-order chi connectivity index (χ1) is 8.08. The second-order valence-corrected chi connectivity index (χ2v) is 3.83. The van der Waals surface area contributed by atoms with Gasteiger partial charge in [-0.1, -0.05) is 6.08 Å². The zero-order valence-corrected chi connectivity index (χ0v) is 8.99. The summed E-state index contributed by atoms with van der Waals surface area (Å²) >= 11 is 0. The van der Waals surface area contributed by atoms with E-state index < -0.39 is 17.7 Å². The topological polar surface area (TPSA) is 40.5 Å². The van der Waals surface area contributed by atoms with Crippen LogP contribution in [-0.4, -0.2) is 29.2 Å². The van der Waals surface area contributed by atoms with Gasteiger partial charge >= 0.3 is 6.09 Å². The third-order valence-corrected chi connectivity index (χ3v) is 2.75. The molecule has 0 spiro atoms. The molecule has 0 aliphatic carbocycles. The maximum Gasteiger partial charge on any atom is 0.407 e. The van der Waals surface area contributed by atoms with Crippen molar-refractivity contribution in [2.75, 3.05) is 13.1 Å². The van der Waals surface area contributed by atoms with Crippen LogP contribution in [0.4, 0.5) is 13.6 Å². The summed E-state index contributed by atoms with van der Waals surface area (Å²) in [4.78, 5) is 11.9. The highest BCUT2D eigenvalue weighted by Crippen LogP contribution is 2.25. The zero-order chi connectivity index (χ0) is 12.4. The van der Waals surface area contributed by atoms with Crippen LogP contribution in [0, 0.1) is 11.6 Å². The van der Waals surface area contributed by atoms with Gasteiger partial charge in [-0.2, -0.15) is 0 Å². The van der Waals surface area contributed by atoms with Crippen molar-refractivity contribution in [2.45, 2.75) is 6.42 Å². The Morgan fingerprint density at radius 2 is 2.12 bits per heavy atom. The van der Waals surface area contributed by atoms with Gasteiger partial charge in [-0.3, -0.25) is 0 Å². The first-order valence-electron chi connectivity index (χ1n) is 5.20. The molecule has 1 aromatic carbocycles. The molecule has 17 heavy (non-hydrogen) atoms. The SMILES string of the molecule is O=C(O)N1CC=C(c2cc(F)ccc2F)CC1. The van der Waals surface area contributed by atoms with Crippen LogP contribution in [0.5, 0.6) is 0 Å². The van der Waals surface area contributed by atoms with Crippen LogP contribution < -0.4 is 0 Å². The second kappa shape index (κ2) is 4.53. The van der Waals surface area contributed by atoms with Gasteiger partial charge in [0.05, 0.1) is 0 Å². The highest BCUT2D eigenvalue weighted by Gasteiger charge is 2.18. The molecule has 5 heteroatoms. The van der Waals surface area contributed by atoms with Crippen molar-refractivity contribution < 1.29 is 18.7 Å². The Morgan fingerprint density at radius 3 is 2.71 bits per heavy atom. The fraction of sp³-hybridized carbons (Fsp3) is 0.250. The highest BCUT2D eigenvalue weighted by molar-refractivity contribution is 5.71. The minimum atomic E-state index is -1.000. The van der Waals surface area contributed by atoms with E-state index >= 15 is 0 Å². The Labute approximate surface area is 97.0 Å². The van der Waals surface area contributed by atoms with Crippen LogP contribution in [0.25, 0.3) is 5.57 Å². The highest BCUT2D eigenvalue weighted by atomic mass is 19.1. The smallest absolute Gasteiger partial charge is 0.407 e. The van der Waals surface area contributed by atoms with Crippen molar-refractivity contribution >= 4 is 11.7 Å². The summed E-state index contributed by atoms with van der Waals surface area (Å²) in [7, 11) is 0. The molecule has 1 aliphatic rings. The van der Waals surface area contributed by atoms with E-state index in [1.807, 2.05) is 0 Å². The van der Waals surface area contributed by atoms with Crippen LogP contribution in [0.15, 0.2) is 24.3 Å². The normalized spacial score (nSPS) is 15.6. The molecule has 1 aromatic rings. The van der Waals surface area contributed by atoms with Gasteiger partial charge in [0.25, 0.3) is 0 Å². The molecule has 1 amide bonds. The van der Waals surface area contributed by atoms with E-state index in [0.717, 1.165) is 18.2 Å². The van der Waals surface area contributed by atoms with E-state index in [1.165, 1.54) is 4.90 Å². The van der Waals surface area contributed by atoms with E-state index in [4.69, 9.17) is 5.11 Å². The molecule has 0 bridgehead atoms. The Bertz CT molecular complexity index is 485. The van der Waals surface area contributed by atoms with Gasteiger partial charge in [0.2, 0.25) is 0 Å². The number of nitrogens with zero attached hydrogens (tertiary/aromatic N) is 1. The van der Waals surface area contributed by atoms with Gasteiger partial charge in [0.1, 0.15) is 11.6 Å². The summed E-state index contributed by atoms with van der Waals surface area (Å²) in [5, 5.41) is 8.76. The zero-order valence-electron chi connectivity index (χ0n) is 8.99. The predicted octanol–water partition coefficient (Wildman–Crippen LogP) is 2.73. The first kappa shape index (κ1) is 11.6. The van der Waals surface area contributed by atoms with Crippen LogP contribution in [0.1, 0.15) is 12.0 Å². The van der Waals surface area contributed by atoms with E-state index in [1.54, 1.807) is 6.08 Å². The van der Waals surface area contributed by atoms with Crippen molar-refractivity contribution in [3.05, 3.63) is 41.5 Å². The molecule has 1 heterocycles. The van der Waals surface area contributed by atoms with Gasteiger partial charge in [0, 0.05) is 18.7 Å². The van der Waals surface area contributed by atoms with E-state index in [9.17, 15) is 13.6 Å². The van der Waals surface area contributed by atoms with Crippen LogP contribution in [0.2, 0.25) is 0 Å². The Kier molecular flexibility index (Phi) is 3.08. The number of hydrogen-bond donors (Lipinski definition) is 1. The summed E-state index contributed by atoms with van der Waals surface area (Å²) in [5.41, 5.74) is 0.870. The van der Waals surface area contributed by atoms with Crippen LogP contribution in [-0.2, 0) is 0 Å². The average Bonchev–Trinajstić information content (AvgIpc) is 2.32. The largest absolute Gasteiger partial charge is 0.465 e. The first-order valence-corrected chi connectivity index (χ1v) is 5.20. The fourth-order valence-corrected chi connectivity index (χ4v) is 1.83. The van der Waals surface area contributed by atoms with Crippen molar-refractivity contribution in [1.29, 1.82) is 0 Å². The molecule has 2 rings (SSSR count). The lowest BCUT2D eigenvalue weighted by Gasteiger charge is -2.23. The lowest BCUT2D eigenvalue weighted by Crippen LogP contribution is -2.33. The molecule has 0 saturated carbocycles. The molecule has 3 nitrogen and oxygen atoms in total. The summed E-state index contributed by atoms with van der Waals surface area (Å²) in [6.07, 6.45) is 1.02. The molecule has 90 valence electrons. The van der Waals surface area contributed by atoms with Crippen molar-refractivity contribution in [3.63, 3.8) is 0 Å². The van der Waals surface area contributed by atoms with Crippen molar-refractivity contribution in [3.8, 4) is 0 Å². The number of hydrogen-bond acceptors (Lipinski definition) is 1. The number of benzene rings is 1. The third-order valence-electron chi connectivity index (χ3n) is 2.75. The molecule has 1 aliphatic heterocycles. The maximum atomic E-state index is 13.5. The maximum absolute atomic E-state index is 13.5. The minimum Gasteiger partial charge on any atom is -0.465 e. The van der Waals surface area contributed by atoms with Gasteiger partial charge in [-0.05, 0) is 30.2 Å². The standard InChI is InChI=1S/C12H11F2NO2/c13-9-1-2-11(14)10(7-9)8-3-5-15(6-4-8)12(16)17/h1-3,7H,4-6H2,(H,16,17). The van der Waals surface area contributed by atoms with Crippen LogP contribution >= 0.6 is 0 Å². The monoisotopic (exact) mass is 239 g/mol. The Hall–Kier alpha value is -1.91. The quantitative estimate of drug-likeness (QED) is 0.818. The van der Waals surface area contributed by atoms with Crippen molar-refractivity contribution in [1.82, 2.24) is 4.90 Å². The molecular weight excluding hydrogens is 228 g/mol. The van der Waals surface area contributed by atoms with Gasteiger partial charge in [-0.15, -0.1) is 0 Å². The molecule has 1 N–H and O–H groups in total.